The molecule has 17 heavy (non-hydrogen) atoms. The molecule has 0 fully saturated rings. The Morgan fingerprint density at radius 2 is 2.18 bits per heavy atom. The third kappa shape index (κ3) is 2.58. The molecule has 1 unspecified atom stereocenters. The van der Waals surface area contributed by atoms with Crippen LogP contribution in [0.15, 0.2) is 24.3 Å². The smallest absolute Gasteiger partial charge is 0.219 e. The first-order chi connectivity index (χ1) is 8.22. The Bertz CT molecular complexity index is 405. The molecule has 1 heterocycles. The lowest BCUT2D eigenvalue weighted by atomic mass is 9.98. The van der Waals surface area contributed by atoms with Gasteiger partial charge in [-0.25, -0.2) is 0 Å². The van der Waals surface area contributed by atoms with Crippen molar-refractivity contribution in [3.05, 3.63) is 29.8 Å². The van der Waals surface area contributed by atoms with Gasteiger partial charge in [0.05, 0.1) is 0 Å². The minimum Gasteiger partial charge on any atom is -0.370 e. The number of nitrogens with two attached hydrogens (primary N) is 2. The van der Waals surface area contributed by atoms with Crippen LogP contribution in [0.3, 0.4) is 0 Å². The number of anilines is 1. The summed E-state index contributed by atoms with van der Waals surface area (Å²) in [4.78, 5) is 13.1. The molecule has 4 N–H and O–H groups in total. The van der Waals surface area contributed by atoms with E-state index < -0.39 is 0 Å². The maximum Gasteiger partial charge on any atom is 0.219 e. The summed E-state index contributed by atoms with van der Waals surface area (Å²) in [6.45, 7) is 2.35. The molecule has 1 aliphatic heterocycles. The van der Waals surface area contributed by atoms with Gasteiger partial charge in [-0.15, -0.1) is 0 Å². The molecule has 92 valence electrons. The van der Waals surface area contributed by atoms with E-state index >= 15 is 0 Å². The molecule has 1 aromatic carbocycles. The van der Waals surface area contributed by atoms with Crippen LogP contribution in [0.1, 0.15) is 24.3 Å². The van der Waals surface area contributed by atoms with Gasteiger partial charge in [0, 0.05) is 31.1 Å². The van der Waals surface area contributed by atoms with E-state index in [1.54, 1.807) is 0 Å². The predicted octanol–water partition coefficient (Wildman–Crippen LogP) is 0.814. The minimum atomic E-state index is -0.246. The molecule has 0 saturated heterocycles. The Labute approximate surface area is 102 Å². The number of carbonyl (C=O) groups is 1. The van der Waals surface area contributed by atoms with Gasteiger partial charge >= 0.3 is 0 Å². The zero-order valence-electron chi connectivity index (χ0n) is 9.93. The number of hydrogen-bond acceptors (Lipinski definition) is 3. The molecule has 0 radical (unpaired) electrons. The fraction of sp³-hybridized carbons (Fsp3) is 0.462. The van der Waals surface area contributed by atoms with E-state index in [2.05, 4.69) is 23.1 Å². The molecule has 1 aromatic rings. The summed E-state index contributed by atoms with van der Waals surface area (Å²) in [5.41, 5.74) is 13.4. The number of nitrogens with zero attached hydrogens (tertiary/aromatic N) is 1. The quantitative estimate of drug-likeness (QED) is 0.790. The summed E-state index contributed by atoms with van der Waals surface area (Å²) in [5.74, 6) is 0.244. The number of carbonyl (C=O) groups excluding carboxylic acids is 1. The van der Waals surface area contributed by atoms with Crippen molar-refractivity contribution in [2.24, 2.45) is 11.5 Å². The van der Waals surface area contributed by atoms with E-state index in [0.717, 1.165) is 13.0 Å². The largest absolute Gasteiger partial charge is 0.370 e. The van der Waals surface area contributed by atoms with Crippen molar-refractivity contribution in [1.82, 2.24) is 0 Å². The Morgan fingerprint density at radius 3 is 2.88 bits per heavy atom. The molecular formula is C13H19N3O. The SMILES string of the molecule is NCCC1CN(CCC(N)=O)c2ccccc21. The van der Waals surface area contributed by atoms with E-state index in [0.29, 0.717) is 25.4 Å². The monoisotopic (exact) mass is 233 g/mol. The van der Waals surface area contributed by atoms with Crippen LogP contribution in [-0.4, -0.2) is 25.5 Å². The van der Waals surface area contributed by atoms with Crippen molar-refractivity contribution < 1.29 is 4.79 Å². The van der Waals surface area contributed by atoms with Crippen molar-refractivity contribution >= 4 is 11.6 Å². The normalized spacial score (nSPS) is 18.2. The van der Waals surface area contributed by atoms with Gasteiger partial charge in [-0.1, -0.05) is 18.2 Å². The zero-order valence-corrected chi connectivity index (χ0v) is 9.93. The van der Waals surface area contributed by atoms with E-state index in [1.165, 1.54) is 11.3 Å². The summed E-state index contributed by atoms with van der Waals surface area (Å²) in [6, 6.07) is 8.34. The summed E-state index contributed by atoms with van der Waals surface area (Å²) in [6.07, 6.45) is 1.40. The van der Waals surface area contributed by atoms with Crippen LogP contribution in [0.5, 0.6) is 0 Å². The van der Waals surface area contributed by atoms with Crippen LogP contribution in [0.25, 0.3) is 0 Å². The molecule has 0 aromatic heterocycles. The average molecular weight is 233 g/mol. The highest BCUT2D eigenvalue weighted by molar-refractivity contribution is 5.74. The number of rotatable bonds is 5. The highest BCUT2D eigenvalue weighted by Gasteiger charge is 2.27. The maximum absolute atomic E-state index is 10.9. The van der Waals surface area contributed by atoms with Gasteiger partial charge in [0.2, 0.25) is 5.91 Å². The molecule has 1 aliphatic rings. The first-order valence-electron chi connectivity index (χ1n) is 6.04. The standard InChI is InChI=1S/C13H19N3O/c14-7-5-10-9-16(8-6-13(15)17)12-4-2-1-3-11(10)12/h1-4,10H,5-9,14H2,(H2,15,17). The van der Waals surface area contributed by atoms with E-state index in [9.17, 15) is 4.79 Å². The van der Waals surface area contributed by atoms with Crippen molar-refractivity contribution in [2.45, 2.75) is 18.8 Å². The number of para-hydroxylation sites is 1. The van der Waals surface area contributed by atoms with Gasteiger partial charge in [0.1, 0.15) is 0 Å². The highest BCUT2D eigenvalue weighted by atomic mass is 16.1. The molecule has 1 atom stereocenters. The Balaban J connectivity index is 2.13. The van der Waals surface area contributed by atoms with Crippen LogP contribution in [0, 0.1) is 0 Å². The zero-order chi connectivity index (χ0) is 12.3. The lowest BCUT2D eigenvalue weighted by Gasteiger charge is -2.18. The summed E-state index contributed by atoms with van der Waals surface area (Å²) in [7, 11) is 0. The molecular weight excluding hydrogens is 214 g/mol. The second-order valence-electron chi connectivity index (χ2n) is 4.50. The predicted molar refractivity (Wildman–Crippen MR) is 68.9 cm³/mol. The summed E-state index contributed by atoms with van der Waals surface area (Å²) >= 11 is 0. The number of fused-ring (bicyclic) bond motifs is 1. The van der Waals surface area contributed by atoms with Crippen LogP contribution in [-0.2, 0) is 4.79 Å². The van der Waals surface area contributed by atoms with Crippen molar-refractivity contribution in [1.29, 1.82) is 0 Å². The topological polar surface area (TPSA) is 72.3 Å². The fourth-order valence-electron chi connectivity index (χ4n) is 2.49. The first kappa shape index (κ1) is 11.9. The Morgan fingerprint density at radius 1 is 1.41 bits per heavy atom. The molecule has 0 aliphatic carbocycles. The van der Waals surface area contributed by atoms with Gasteiger partial charge in [-0.05, 0) is 24.6 Å². The maximum atomic E-state index is 10.9. The molecule has 2 rings (SSSR count). The van der Waals surface area contributed by atoms with Gasteiger partial charge in [-0.3, -0.25) is 4.79 Å². The van der Waals surface area contributed by atoms with Crippen molar-refractivity contribution in [3.8, 4) is 0 Å². The number of primary amides is 1. The van der Waals surface area contributed by atoms with Crippen LogP contribution in [0.4, 0.5) is 5.69 Å². The van der Waals surface area contributed by atoms with E-state index in [-0.39, 0.29) is 5.91 Å². The van der Waals surface area contributed by atoms with Gasteiger partial charge in [-0.2, -0.15) is 0 Å². The first-order valence-corrected chi connectivity index (χ1v) is 6.04. The number of amides is 1. The molecule has 4 nitrogen and oxygen atoms in total. The van der Waals surface area contributed by atoms with Gasteiger partial charge in [0.25, 0.3) is 0 Å². The van der Waals surface area contributed by atoms with Gasteiger partial charge < -0.3 is 16.4 Å². The van der Waals surface area contributed by atoms with Gasteiger partial charge in [0.15, 0.2) is 0 Å². The summed E-state index contributed by atoms with van der Waals surface area (Å²) in [5, 5.41) is 0. The van der Waals surface area contributed by atoms with Crippen molar-refractivity contribution in [3.63, 3.8) is 0 Å². The second-order valence-corrected chi connectivity index (χ2v) is 4.50. The third-order valence-corrected chi connectivity index (χ3v) is 3.30. The van der Waals surface area contributed by atoms with E-state index in [1.807, 2.05) is 6.07 Å². The number of hydrogen-bond donors (Lipinski definition) is 2. The third-order valence-electron chi connectivity index (χ3n) is 3.30. The lowest BCUT2D eigenvalue weighted by molar-refractivity contribution is -0.117. The van der Waals surface area contributed by atoms with Crippen LogP contribution < -0.4 is 16.4 Å². The fourth-order valence-corrected chi connectivity index (χ4v) is 2.49. The Kier molecular flexibility index (Phi) is 3.64. The molecule has 0 bridgehead atoms. The molecule has 1 amide bonds. The molecule has 0 saturated carbocycles. The average Bonchev–Trinajstić information content (AvgIpc) is 2.66. The molecule has 0 spiro atoms. The van der Waals surface area contributed by atoms with Crippen molar-refractivity contribution in [2.75, 3.05) is 24.5 Å². The molecule has 4 heteroatoms. The summed E-state index contributed by atoms with van der Waals surface area (Å²) < 4.78 is 0. The number of benzene rings is 1. The van der Waals surface area contributed by atoms with Crippen LogP contribution in [0.2, 0.25) is 0 Å². The minimum absolute atomic E-state index is 0.246. The second kappa shape index (κ2) is 5.19. The van der Waals surface area contributed by atoms with Crippen LogP contribution >= 0.6 is 0 Å². The lowest BCUT2D eigenvalue weighted by Crippen LogP contribution is -2.27. The van der Waals surface area contributed by atoms with E-state index in [4.69, 9.17) is 11.5 Å². The Hall–Kier alpha value is -1.55. The highest BCUT2D eigenvalue weighted by Crippen LogP contribution is 2.37.